The van der Waals surface area contributed by atoms with E-state index in [2.05, 4.69) is 22.5 Å². The van der Waals surface area contributed by atoms with Gasteiger partial charge in [0.15, 0.2) is 0 Å². The third-order valence-corrected chi connectivity index (χ3v) is 4.37. The van der Waals surface area contributed by atoms with Gasteiger partial charge in [0.05, 0.1) is 0 Å². The van der Waals surface area contributed by atoms with E-state index in [1.165, 1.54) is 22.4 Å². The lowest BCUT2D eigenvalue weighted by molar-refractivity contribution is 0.677. The number of pyridine rings is 1. The molecule has 0 bridgehead atoms. The van der Waals surface area contributed by atoms with Crippen LogP contribution in [0.1, 0.15) is 29.7 Å². The van der Waals surface area contributed by atoms with E-state index < -0.39 is 0 Å². The molecule has 2 heterocycles. The maximum absolute atomic E-state index is 12.0. The number of nitrogens with one attached hydrogen (secondary N) is 1. The van der Waals surface area contributed by atoms with Gasteiger partial charge in [0, 0.05) is 21.7 Å². The Bertz CT molecular complexity index is 595. The summed E-state index contributed by atoms with van der Waals surface area (Å²) in [6.45, 7) is 2.01. The first kappa shape index (κ1) is 10.8. The van der Waals surface area contributed by atoms with Crippen molar-refractivity contribution in [1.29, 1.82) is 0 Å². The Morgan fingerprint density at radius 3 is 2.71 bits per heavy atom. The van der Waals surface area contributed by atoms with Gasteiger partial charge in [-0.25, -0.2) is 0 Å². The zero-order chi connectivity index (χ0) is 11.8. The van der Waals surface area contributed by atoms with Crippen LogP contribution >= 0.6 is 11.3 Å². The van der Waals surface area contributed by atoms with Crippen molar-refractivity contribution in [2.45, 2.75) is 32.6 Å². The maximum atomic E-state index is 12.0. The van der Waals surface area contributed by atoms with Crippen LogP contribution < -0.4 is 5.56 Å². The normalized spacial score (nSPS) is 14.6. The Morgan fingerprint density at radius 2 is 2.00 bits per heavy atom. The molecule has 0 saturated carbocycles. The SMILES string of the molecule is Cc1[nH]c(=O)c2c(c1-c1cccs1)CCCC2. The lowest BCUT2D eigenvalue weighted by Crippen LogP contribution is -2.21. The summed E-state index contributed by atoms with van der Waals surface area (Å²) in [5.41, 5.74) is 4.72. The minimum Gasteiger partial charge on any atom is -0.326 e. The van der Waals surface area contributed by atoms with Crippen molar-refractivity contribution in [2.75, 3.05) is 0 Å². The third-order valence-electron chi connectivity index (χ3n) is 3.49. The molecule has 2 nitrogen and oxygen atoms in total. The highest BCUT2D eigenvalue weighted by Crippen LogP contribution is 2.34. The molecule has 2 aromatic heterocycles. The Labute approximate surface area is 104 Å². The van der Waals surface area contributed by atoms with E-state index in [1.54, 1.807) is 11.3 Å². The van der Waals surface area contributed by atoms with Crippen molar-refractivity contribution < 1.29 is 0 Å². The summed E-state index contributed by atoms with van der Waals surface area (Å²) in [5, 5.41) is 2.09. The zero-order valence-corrected chi connectivity index (χ0v) is 10.7. The van der Waals surface area contributed by atoms with E-state index >= 15 is 0 Å². The van der Waals surface area contributed by atoms with E-state index in [9.17, 15) is 4.79 Å². The van der Waals surface area contributed by atoms with Gasteiger partial charge < -0.3 is 4.98 Å². The van der Waals surface area contributed by atoms with Crippen LogP contribution in [0, 0.1) is 6.92 Å². The summed E-state index contributed by atoms with van der Waals surface area (Å²) in [6.07, 6.45) is 4.33. The van der Waals surface area contributed by atoms with Crippen LogP contribution in [-0.4, -0.2) is 4.98 Å². The number of fused-ring (bicyclic) bond motifs is 1. The largest absolute Gasteiger partial charge is 0.326 e. The molecule has 0 saturated heterocycles. The van der Waals surface area contributed by atoms with E-state index in [1.807, 2.05) is 6.92 Å². The molecule has 0 radical (unpaired) electrons. The number of hydrogen-bond donors (Lipinski definition) is 1. The Kier molecular flexibility index (Phi) is 2.63. The van der Waals surface area contributed by atoms with E-state index in [-0.39, 0.29) is 5.56 Å². The molecule has 0 unspecified atom stereocenters. The van der Waals surface area contributed by atoms with Gasteiger partial charge in [0.2, 0.25) is 0 Å². The van der Waals surface area contributed by atoms with Crippen molar-refractivity contribution in [3.05, 3.63) is 44.7 Å². The Morgan fingerprint density at radius 1 is 1.24 bits per heavy atom. The average molecular weight is 245 g/mol. The molecular formula is C14H15NOS. The fourth-order valence-electron chi connectivity index (χ4n) is 2.72. The molecule has 17 heavy (non-hydrogen) atoms. The highest BCUT2D eigenvalue weighted by atomic mass is 32.1. The first-order chi connectivity index (χ1) is 8.27. The van der Waals surface area contributed by atoms with Gasteiger partial charge in [-0.1, -0.05) is 6.07 Å². The highest BCUT2D eigenvalue weighted by Gasteiger charge is 2.19. The Hall–Kier alpha value is -1.35. The highest BCUT2D eigenvalue weighted by molar-refractivity contribution is 7.13. The molecule has 3 heteroatoms. The number of aryl methyl sites for hydroxylation is 1. The minimum absolute atomic E-state index is 0.123. The fourth-order valence-corrected chi connectivity index (χ4v) is 3.58. The van der Waals surface area contributed by atoms with Crippen molar-refractivity contribution in [2.24, 2.45) is 0 Å². The second-order valence-electron chi connectivity index (χ2n) is 4.60. The van der Waals surface area contributed by atoms with Crippen LogP contribution in [0.5, 0.6) is 0 Å². The van der Waals surface area contributed by atoms with Gasteiger partial charge >= 0.3 is 0 Å². The standard InChI is InChI=1S/C14H15NOS/c1-9-13(12-7-4-8-17-12)10-5-2-3-6-11(10)14(16)15-9/h4,7-8H,2-3,5-6H2,1H3,(H,15,16). The topological polar surface area (TPSA) is 32.9 Å². The first-order valence-corrected chi connectivity index (χ1v) is 6.94. The van der Waals surface area contributed by atoms with Gasteiger partial charge in [-0.2, -0.15) is 0 Å². The minimum atomic E-state index is 0.123. The molecule has 1 aliphatic carbocycles. The van der Waals surface area contributed by atoms with E-state index in [0.29, 0.717) is 0 Å². The summed E-state index contributed by atoms with van der Waals surface area (Å²) >= 11 is 1.75. The van der Waals surface area contributed by atoms with E-state index in [4.69, 9.17) is 0 Å². The quantitative estimate of drug-likeness (QED) is 0.821. The summed E-state index contributed by atoms with van der Waals surface area (Å²) in [4.78, 5) is 16.2. The lowest BCUT2D eigenvalue weighted by Gasteiger charge is -2.19. The molecule has 2 aromatic rings. The third kappa shape index (κ3) is 1.75. The average Bonchev–Trinajstić information content (AvgIpc) is 2.83. The summed E-state index contributed by atoms with van der Waals surface area (Å²) in [6, 6.07) is 4.21. The first-order valence-electron chi connectivity index (χ1n) is 6.06. The molecule has 0 amide bonds. The number of hydrogen-bond acceptors (Lipinski definition) is 2. The monoisotopic (exact) mass is 245 g/mol. The number of thiophene rings is 1. The van der Waals surface area contributed by atoms with Crippen LogP contribution in [0.2, 0.25) is 0 Å². The van der Waals surface area contributed by atoms with Gasteiger partial charge in [-0.05, 0) is 49.6 Å². The van der Waals surface area contributed by atoms with Crippen LogP contribution in [0.4, 0.5) is 0 Å². The number of H-pyrrole nitrogens is 1. The molecule has 1 N–H and O–H groups in total. The van der Waals surface area contributed by atoms with E-state index in [0.717, 1.165) is 30.5 Å². The molecule has 0 aliphatic heterocycles. The predicted molar refractivity (Wildman–Crippen MR) is 71.8 cm³/mol. The summed E-state index contributed by atoms with van der Waals surface area (Å²) in [5.74, 6) is 0. The molecule has 3 rings (SSSR count). The predicted octanol–water partition coefficient (Wildman–Crippen LogP) is 3.29. The maximum Gasteiger partial charge on any atom is 0.251 e. The summed E-state index contributed by atoms with van der Waals surface area (Å²) in [7, 11) is 0. The van der Waals surface area contributed by atoms with Crippen LogP contribution in [-0.2, 0) is 12.8 Å². The van der Waals surface area contributed by atoms with Gasteiger partial charge in [0.25, 0.3) is 5.56 Å². The van der Waals surface area contributed by atoms with Gasteiger partial charge in [0.1, 0.15) is 0 Å². The van der Waals surface area contributed by atoms with Crippen molar-refractivity contribution >= 4 is 11.3 Å². The van der Waals surface area contributed by atoms with Crippen molar-refractivity contribution in [3.8, 4) is 10.4 Å². The van der Waals surface area contributed by atoms with Crippen LogP contribution in [0.25, 0.3) is 10.4 Å². The number of aromatic nitrogens is 1. The lowest BCUT2D eigenvalue weighted by atomic mass is 9.88. The molecule has 0 spiro atoms. The molecule has 0 fully saturated rings. The Balaban J connectivity index is 2.31. The number of rotatable bonds is 1. The molecule has 0 atom stereocenters. The second-order valence-corrected chi connectivity index (χ2v) is 5.54. The van der Waals surface area contributed by atoms with Crippen LogP contribution in [0.15, 0.2) is 22.3 Å². The smallest absolute Gasteiger partial charge is 0.251 e. The molecular weight excluding hydrogens is 230 g/mol. The summed E-state index contributed by atoms with van der Waals surface area (Å²) < 4.78 is 0. The number of aromatic amines is 1. The van der Waals surface area contributed by atoms with Crippen molar-refractivity contribution in [1.82, 2.24) is 4.98 Å². The molecule has 1 aliphatic rings. The zero-order valence-electron chi connectivity index (χ0n) is 9.88. The van der Waals surface area contributed by atoms with Crippen molar-refractivity contribution in [3.63, 3.8) is 0 Å². The van der Waals surface area contributed by atoms with Crippen LogP contribution in [0.3, 0.4) is 0 Å². The second kappa shape index (κ2) is 4.15. The fraction of sp³-hybridized carbons (Fsp3) is 0.357. The van der Waals surface area contributed by atoms with Gasteiger partial charge in [-0.15, -0.1) is 11.3 Å². The van der Waals surface area contributed by atoms with Gasteiger partial charge in [-0.3, -0.25) is 4.79 Å². The molecule has 88 valence electrons. The molecule has 0 aromatic carbocycles.